The number of rotatable bonds is 5. The van der Waals surface area contributed by atoms with Crippen molar-refractivity contribution >= 4 is 17.1 Å². The van der Waals surface area contributed by atoms with Crippen LogP contribution in [0.4, 0.5) is 0 Å². The first-order valence-electron chi connectivity index (χ1n) is 8.91. The number of carboxylic acid groups (broad SMARTS) is 1. The van der Waals surface area contributed by atoms with E-state index in [1.165, 1.54) is 18.8 Å². The molecule has 0 fully saturated rings. The van der Waals surface area contributed by atoms with Crippen molar-refractivity contribution in [3.63, 3.8) is 0 Å². The zero-order chi connectivity index (χ0) is 22.7. The lowest BCUT2D eigenvalue weighted by atomic mass is 10.2. The summed E-state index contributed by atoms with van der Waals surface area (Å²) in [6, 6.07) is 5.09. The van der Waals surface area contributed by atoms with Crippen LogP contribution in [0.5, 0.6) is 11.5 Å². The molecular formula is C21H18N4O6. The molecule has 0 spiro atoms. The van der Waals surface area contributed by atoms with Crippen LogP contribution in [-0.2, 0) is 24.9 Å². The molecule has 0 saturated carbocycles. The number of carbonyl (C=O) groups is 1. The molecule has 10 nitrogen and oxygen atoms in total. The Labute approximate surface area is 176 Å². The molecule has 1 aromatic carbocycles. The lowest BCUT2D eigenvalue weighted by molar-refractivity contribution is -0.137. The average Bonchev–Trinajstić information content (AvgIpc) is 3.08. The van der Waals surface area contributed by atoms with Crippen LogP contribution in [0, 0.1) is 24.2 Å². The molecule has 10 heteroatoms. The second-order valence-electron chi connectivity index (χ2n) is 6.34. The number of imidazole rings is 1. The average molecular weight is 422 g/mol. The summed E-state index contributed by atoms with van der Waals surface area (Å²) in [5.74, 6) is 7.91. The lowest BCUT2D eigenvalue weighted by Gasteiger charge is -2.08. The van der Waals surface area contributed by atoms with Gasteiger partial charge < -0.3 is 19.1 Å². The molecule has 0 aliphatic rings. The van der Waals surface area contributed by atoms with E-state index >= 15 is 0 Å². The lowest BCUT2D eigenvalue weighted by Crippen LogP contribution is -2.41. The van der Waals surface area contributed by atoms with Crippen molar-refractivity contribution in [1.82, 2.24) is 18.7 Å². The van der Waals surface area contributed by atoms with E-state index in [1.807, 2.05) is 0 Å². The Bertz CT molecular complexity index is 1410. The van der Waals surface area contributed by atoms with Gasteiger partial charge in [0.05, 0.1) is 20.8 Å². The number of fused-ring (bicyclic) bond motifs is 1. The highest BCUT2D eigenvalue weighted by atomic mass is 16.5. The zero-order valence-corrected chi connectivity index (χ0v) is 17.0. The highest BCUT2D eigenvalue weighted by Gasteiger charge is 2.20. The van der Waals surface area contributed by atoms with Crippen LogP contribution < -0.4 is 20.7 Å². The van der Waals surface area contributed by atoms with E-state index in [-0.39, 0.29) is 23.5 Å². The fourth-order valence-corrected chi connectivity index (χ4v) is 3.02. The summed E-state index contributed by atoms with van der Waals surface area (Å²) < 4.78 is 13.5. The third-order valence-electron chi connectivity index (χ3n) is 4.49. The summed E-state index contributed by atoms with van der Waals surface area (Å²) in [7, 11) is 4.57. The Morgan fingerprint density at radius 1 is 1.16 bits per heavy atom. The number of methoxy groups -OCH3 is 2. The highest BCUT2D eigenvalue weighted by molar-refractivity contribution is 5.75. The number of aryl methyl sites for hydroxylation is 1. The fraction of sp³-hybridized carbons (Fsp3) is 0.238. The molecular weight excluding hydrogens is 404 g/mol. The minimum atomic E-state index is -1.27. The number of ether oxygens (including phenoxy) is 2. The molecule has 0 bridgehead atoms. The third kappa shape index (κ3) is 3.87. The number of hydrogen-bond donors (Lipinski definition) is 1. The van der Waals surface area contributed by atoms with Gasteiger partial charge in [-0.3, -0.25) is 14.2 Å². The molecule has 3 rings (SSSR count). The summed E-state index contributed by atoms with van der Waals surface area (Å²) >= 11 is 0. The van der Waals surface area contributed by atoms with Crippen LogP contribution in [0.2, 0.25) is 0 Å². The van der Waals surface area contributed by atoms with Crippen LogP contribution in [0.3, 0.4) is 0 Å². The fourth-order valence-electron chi connectivity index (χ4n) is 3.02. The van der Waals surface area contributed by atoms with Crippen LogP contribution in [0.25, 0.3) is 11.2 Å². The van der Waals surface area contributed by atoms with Crippen LogP contribution in [-0.4, -0.2) is 44.0 Å². The van der Waals surface area contributed by atoms with Crippen molar-refractivity contribution < 1.29 is 19.4 Å². The van der Waals surface area contributed by atoms with Crippen LogP contribution in [0.15, 0.2) is 27.8 Å². The minimum absolute atomic E-state index is 0.0210. The Hall–Kier alpha value is -4.44. The second kappa shape index (κ2) is 8.51. The van der Waals surface area contributed by atoms with Gasteiger partial charge in [0, 0.05) is 12.6 Å². The van der Waals surface area contributed by atoms with Gasteiger partial charge in [0.1, 0.15) is 6.54 Å². The largest absolute Gasteiger partial charge is 0.493 e. The molecule has 31 heavy (non-hydrogen) atoms. The molecule has 2 heterocycles. The van der Waals surface area contributed by atoms with Gasteiger partial charge in [0.25, 0.3) is 5.56 Å². The number of aliphatic carboxylic acids is 1. The van der Waals surface area contributed by atoms with Crippen molar-refractivity contribution in [2.24, 2.45) is 7.05 Å². The molecule has 2 aromatic heterocycles. The SMILES string of the molecule is C#CCn1c(=O)c2c(nc(C#Cc3ccc(OC)c(OC)c3)n2C)n(CC(=O)O)c1=O. The Kier molecular flexibility index (Phi) is 5.84. The van der Waals surface area contributed by atoms with E-state index in [2.05, 4.69) is 22.7 Å². The number of terminal acetylenes is 1. The number of hydrogen-bond acceptors (Lipinski definition) is 6. The Morgan fingerprint density at radius 2 is 1.87 bits per heavy atom. The van der Waals surface area contributed by atoms with Crippen molar-refractivity contribution in [3.8, 4) is 35.7 Å². The molecule has 0 saturated heterocycles. The Morgan fingerprint density at radius 3 is 2.48 bits per heavy atom. The van der Waals surface area contributed by atoms with Gasteiger partial charge in [-0.2, -0.15) is 0 Å². The van der Waals surface area contributed by atoms with E-state index in [0.717, 1.165) is 9.13 Å². The quantitative estimate of drug-likeness (QED) is 0.577. The van der Waals surface area contributed by atoms with Gasteiger partial charge in [-0.05, 0) is 24.1 Å². The van der Waals surface area contributed by atoms with Crippen molar-refractivity contribution in [1.29, 1.82) is 0 Å². The van der Waals surface area contributed by atoms with E-state index in [0.29, 0.717) is 17.1 Å². The van der Waals surface area contributed by atoms with Crippen LogP contribution >= 0.6 is 0 Å². The summed E-state index contributed by atoms with van der Waals surface area (Å²) in [5.41, 5.74) is -0.987. The van der Waals surface area contributed by atoms with Gasteiger partial charge >= 0.3 is 11.7 Å². The molecule has 0 unspecified atom stereocenters. The second-order valence-corrected chi connectivity index (χ2v) is 6.34. The van der Waals surface area contributed by atoms with E-state index in [4.69, 9.17) is 15.9 Å². The maximum Gasteiger partial charge on any atom is 0.334 e. The van der Waals surface area contributed by atoms with E-state index in [9.17, 15) is 19.5 Å². The highest BCUT2D eigenvalue weighted by Crippen LogP contribution is 2.27. The minimum Gasteiger partial charge on any atom is -0.493 e. The molecule has 158 valence electrons. The predicted molar refractivity (Wildman–Crippen MR) is 111 cm³/mol. The smallest absolute Gasteiger partial charge is 0.334 e. The number of aromatic nitrogens is 4. The topological polar surface area (TPSA) is 118 Å². The molecule has 1 N–H and O–H groups in total. The van der Waals surface area contributed by atoms with Crippen molar-refractivity contribution in [3.05, 3.63) is 50.4 Å². The van der Waals surface area contributed by atoms with E-state index < -0.39 is 23.8 Å². The van der Waals surface area contributed by atoms with Gasteiger partial charge in [0.2, 0.25) is 0 Å². The number of carboxylic acids is 1. The van der Waals surface area contributed by atoms with Crippen molar-refractivity contribution in [2.45, 2.75) is 13.1 Å². The molecule has 0 radical (unpaired) electrons. The molecule has 0 aliphatic heterocycles. The summed E-state index contributed by atoms with van der Waals surface area (Å²) in [5, 5.41) is 9.19. The number of nitrogens with zero attached hydrogens (tertiary/aromatic N) is 4. The molecule has 0 atom stereocenters. The summed E-state index contributed by atoms with van der Waals surface area (Å²) in [4.78, 5) is 40.9. The normalized spacial score (nSPS) is 10.3. The van der Waals surface area contributed by atoms with Gasteiger partial charge in [-0.1, -0.05) is 11.8 Å². The first-order valence-corrected chi connectivity index (χ1v) is 8.91. The van der Waals surface area contributed by atoms with Gasteiger partial charge in [-0.15, -0.1) is 6.42 Å². The standard InChI is InChI=1S/C21H18N4O6/c1-5-10-24-20(28)18-19(25(21(24)29)12-17(26)27)22-16(23(18)2)9-7-13-6-8-14(30-3)15(11-13)31-4/h1,6,8,11H,10,12H2,2-4H3,(H,26,27). The third-order valence-corrected chi connectivity index (χ3v) is 4.49. The van der Waals surface area contributed by atoms with Gasteiger partial charge in [-0.25, -0.2) is 14.3 Å². The van der Waals surface area contributed by atoms with Crippen LogP contribution in [0.1, 0.15) is 11.4 Å². The molecule has 0 amide bonds. The van der Waals surface area contributed by atoms with E-state index in [1.54, 1.807) is 25.2 Å². The predicted octanol–water partition coefficient (Wildman–Crippen LogP) is 0.0315. The van der Waals surface area contributed by atoms with Crippen molar-refractivity contribution in [2.75, 3.05) is 14.2 Å². The zero-order valence-electron chi connectivity index (χ0n) is 17.0. The number of benzene rings is 1. The molecule has 0 aliphatic carbocycles. The first-order chi connectivity index (χ1) is 14.8. The maximum atomic E-state index is 12.8. The van der Waals surface area contributed by atoms with Gasteiger partial charge in [0.15, 0.2) is 28.5 Å². The summed E-state index contributed by atoms with van der Waals surface area (Å²) in [6.45, 7) is -0.981. The maximum absolute atomic E-state index is 12.8. The summed E-state index contributed by atoms with van der Waals surface area (Å²) in [6.07, 6.45) is 5.26. The first kappa shape index (κ1) is 21.3. The molecule has 3 aromatic rings. The monoisotopic (exact) mass is 422 g/mol. The Balaban J connectivity index is 2.22.